The van der Waals surface area contributed by atoms with Crippen molar-refractivity contribution in [3.05, 3.63) is 11.6 Å². The summed E-state index contributed by atoms with van der Waals surface area (Å²) >= 11 is 0. The van der Waals surface area contributed by atoms with Crippen molar-refractivity contribution in [1.29, 1.82) is 0 Å². The fraction of sp³-hybridized carbons (Fsp3) is 0.857. The van der Waals surface area contributed by atoms with E-state index in [9.17, 15) is 0 Å². The van der Waals surface area contributed by atoms with E-state index in [1.165, 1.54) is 58.2 Å². The minimum absolute atomic E-state index is 0.784. The average molecular weight is 222 g/mol. The molecular formula is C14H26N2. The third kappa shape index (κ3) is 3.60. The fourth-order valence-electron chi connectivity index (χ4n) is 2.92. The average Bonchev–Trinajstić information content (AvgIpc) is 2.82. The molecule has 1 saturated heterocycles. The van der Waals surface area contributed by atoms with Crippen molar-refractivity contribution in [2.24, 2.45) is 0 Å². The molecule has 2 nitrogen and oxygen atoms in total. The summed E-state index contributed by atoms with van der Waals surface area (Å²) < 4.78 is 0. The third-order valence-corrected chi connectivity index (χ3v) is 3.96. The number of nitrogens with one attached hydrogen (secondary N) is 1. The van der Waals surface area contributed by atoms with Crippen molar-refractivity contribution in [1.82, 2.24) is 10.2 Å². The van der Waals surface area contributed by atoms with Crippen LogP contribution in [0.5, 0.6) is 0 Å². The van der Waals surface area contributed by atoms with Crippen LogP contribution in [0.3, 0.4) is 0 Å². The summed E-state index contributed by atoms with van der Waals surface area (Å²) in [5.74, 6) is 0. The van der Waals surface area contributed by atoms with E-state index in [0.29, 0.717) is 0 Å². The number of hydrogen-bond donors (Lipinski definition) is 1. The Hall–Kier alpha value is -0.340. The Morgan fingerprint density at radius 1 is 1.38 bits per heavy atom. The highest BCUT2D eigenvalue weighted by molar-refractivity contribution is 5.07. The summed E-state index contributed by atoms with van der Waals surface area (Å²) in [6, 6.07) is 0.784. The van der Waals surface area contributed by atoms with Crippen LogP contribution >= 0.6 is 0 Å². The lowest BCUT2D eigenvalue weighted by Crippen LogP contribution is -2.42. The van der Waals surface area contributed by atoms with Crippen LogP contribution in [0.4, 0.5) is 0 Å². The molecular weight excluding hydrogens is 196 g/mol. The molecule has 0 unspecified atom stereocenters. The van der Waals surface area contributed by atoms with E-state index in [4.69, 9.17) is 0 Å². The van der Waals surface area contributed by atoms with Crippen molar-refractivity contribution in [3.8, 4) is 0 Å². The van der Waals surface area contributed by atoms with Crippen molar-refractivity contribution < 1.29 is 0 Å². The van der Waals surface area contributed by atoms with E-state index in [0.717, 1.165) is 12.6 Å². The molecule has 1 heterocycles. The molecule has 1 aliphatic carbocycles. The van der Waals surface area contributed by atoms with Crippen molar-refractivity contribution >= 4 is 0 Å². The Labute approximate surface area is 100 Å². The van der Waals surface area contributed by atoms with Crippen LogP contribution in [0.1, 0.15) is 45.4 Å². The molecule has 0 atom stereocenters. The molecule has 2 aliphatic rings. The largest absolute Gasteiger partial charge is 0.314 e. The molecule has 2 heteroatoms. The highest BCUT2D eigenvalue weighted by atomic mass is 15.1. The number of nitrogens with zero attached hydrogens (tertiary/aromatic N) is 1. The smallest absolute Gasteiger partial charge is 0.00912 e. The van der Waals surface area contributed by atoms with Gasteiger partial charge in [-0.15, -0.1) is 0 Å². The third-order valence-electron chi connectivity index (χ3n) is 3.96. The molecule has 0 aromatic rings. The fourth-order valence-corrected chi connectivity index (χ4v) is 2.92. The summed E-state index contributed by atoms with van der Waals surface area (Å²) in [5.41, 5.74) is 1.72. The van der Waals surface area contributed by atoms with Gasteiger partial charge in [0.1, 0.15) is 0 Å². The van der Waals surface area contributed by atoms with Gasteiger partial charge in [0.15, 0.2) is 0 Å². The molecule has 1 aliphatic heterocycles. The second kappa shape index (κ2) is 6.41. The normalized spacial score (nSPS) is 23.7. The summed E-state index contributed by atoms with van der Waals surface area (Å²) in [7, 11) is 0. The van der Waals surface area contributed by atoms with Gasteiger partial charge in [0.25, 0.3) is 0 Å². The summed E-state index contributed by atoms with van der Waals surface area (Å²) in [6.45, 7) is 7.22. The monoisotopic (exact) mass is 222 g/mol. The number of allylic oxidation sites excluding steroid dienone is 1. The van der Waals surface area contributed by atoms with Crippen molar-refractivity contribution in [2.45, 2.75) is 51.5 Å². The summed E-state index contributed by atoms with van der Waals surface area (Å²) in [6.07, 6.45) is 10.6. The number of hydrogen-bond acceptors (Lipinski definition) is 2. The van der Waals surface area contributed by atoms with Crippen LogP contribution in [-0.4, -0.2) is 37.1 Å². The van der Waals surface area contributed by atoms with Gasteiger partial charge >= 0.3 is 0 Å². The zero-order chi connectivity index (χ0) is 11.2. The molecule has 92 valence electrons. The van der Waals surface area contributed by atoms with Gasteiger partial charge in [-0.3, -0.25) is 0 Å². The zero-order valence-corrected chi connectivity index (χ0v) is 10.7. The minimum Gasteiger partial charge on any atom is -0.314 e. The maximum absolute atomic E-state index is 3.56. The van der Waals surface area contributed by atoms with Crippen LogP contribution in [0.25, 0.3) is 0 Å². The van der Waals surface area contributed by atoms with E-state index in [1.807, 2.05) is 0 Å². The molecule has 0 bridgehead atoms. The maximum Gasteiger partial charge on any atom is 0.00912 e. The quantitative estimate of drug-likeness (QED) is 0.719. The first-order chi connectivity index (χ1) is 7.88. The van der Waals surface area contributed by atoms with Crippen LogP contribution in [0.15, 0.2) is 11.6 Å². The number of piperidine rings is 1. The maximum atomic E-state index is 3.56. The Morgan fingerprint density at radius 3 is 2.81 bits per heavy atom. The Bertz CT molecular complexity index is 227. The predicted molar refractivity (Wildman–Crippen MR) is 69.7 cm³/mol. The van der Waals surface area contributed by atoms with Gasteiger partial charge in [-0.25, -0.2) is 0 Å². The van der Waals surface area contributed by atoms with Gasteiger partial charge in [0, 0.05) is 12.6 Å². The van der Waals surface area contributed by atoms with Gasteiger partial charge in [-0.2, -0.15) is 0 Å². The van der Waals surface area contributed by atoms with E-state index < -0.39 is 0 Å². The topological polar surface area (TPSA) is 15.3 Å². The highest BCUT2D eigenvalue weighted by Crippen LogP contribution is 2.21. The lowest BCUT2D eigenvalue weighted by atomic mass is 10.0. The number of rotatable bonds is 5. The van der Waals surface area contributed by atoms with Crippen molar-refractivity contribution in [3.63, 3.8) is 0 Å². The Balaban J connectivity index is 1.61. The predicted octanol–water partition coefficient (Wildman–Crippen LogP) is 2.56. The Kier molecular flexibility index (Phi) is 4.86. The van der Waals surface area contributed by atoms with Crippen molar-refractivity contribution in [2.75, 3.05) is 26.2 Å². The SMILES string of the molecule is CCNC1CCN(CCC2=CCCC2)CC1. The number of likely N-dealkylation sites (tertiary alicyclic amines) is 1. The summed E-state index contributed by atoms with van der Waals surface area (Å²) in [4.78, 5) is 2.65. The second-order valence-electron chi connectivity index (χ2n) is 5.18. The lowest BCUT2D eigenvalue weighted by Gasteiger charge is -2.32. The molecule has 0 amide bonds. The van der Waals surface area contributed by atoms with E-state index in [-0.39, 0.29) is 0 Å². The standard InChI is InChI=1S/C14H26N2/c1-2-15-14-8-11-16(12-9-14)10-7-13-5-3-4-6-13/h5,14-15H,2-4,6-12H2,1H3. The summed E-state index contributed by atoms with van der Waals surface area (Å²) in [5, 5.41) is 3.56. The second-order valence-corrected chi connectivity index (χ2v) is 5.18. The molecule has 1 fully saturated rings. The molecule has 0 aromatic carbocycles. The van der Waals surface area contributed by atoms with Gasteiger partial charge < -0.3 is 10.2 Å². The van der Waals surface area contributed by atoms with E-state index >= 15 is 0 Å². The molecule has 0 radical (unpaired) electrons. The first-order valence-corrected chi connectivity index (χ1v) is 7.02. The van der Waals surface area contributed by atoms with Crippen LogP contribution < -0.4 is 5.32 Å². The molecule has 16 heavy (non-hydrogen) atoms. The Morgan fingerprint density at radius 2 is 2.19 bits per heavy atom. The molecule has 1 N–H and O–H groups in total. The lowest BCUT2D eigenvalue weighted by molar-refractivity contribution is 0.200. The van der Waals surface area contributed by atoms with Gasteiger partial charge in [0.2, 0.25) is 0 Å². The zero-order valence-electron chi connectivity index (χ0n) is 10.7. The molecule has 0 aromatic heterocycles. The van der Waals surface area contributed by atoms with Crippen LogP contribution in [-0.2, 0) is 0 Å². The first-order valence-electron chi connectivity index (χ1n) is 7.02. The van der Waals surface area contributed by atoms with Crippen LogP contribution in [0, 0.1) is 0 Å². The van der Waals surface area contributed by atoms with E-state index in [1.54, 1.807) is 5.57 Å². The molecule has 2 rings (SSSR count). The highest BCUT2D eigenvalue weighted by Gasteiger charge is 2.18. The van der Waals surface area contributed by atoms with Crippen LogP contribution in [0.2, 0.25) is 0 Å². The van der Waals surface area contributed by atoms with Gasteiger partial charge in [-0.05, 0) is 58.2 Å². The molecule has 0 saturated carbocycles. The van der Waals surface area contributed by atoms with Gasteiger partial charge in [-0.1, -0.05) is 18.6 Å². The van der Waals surface area contributed by atoms with Gasteiger partial charge in [0.05, 0.1) is 0 Å². The molecule has 0 spiro atoms. The minimum atomic E-state index is 0.784. The van der Waals surface area contributed by atoms with E-state index in [2.05, 4.69) is 23.2 Å². The first kappa shape index (κ1) is 12.1.